The van der Waals surface area contributed by atoms with Gasteiger partial charge in [0.25, 0.3) is 0 Å². The molecular formula is C28H33N. The number of fused-ring (bicyclic) bond motifs is 3. The van der Waals surface area contributed by atoms with Crippen LogP contribution in [0.2, 0.25) is 0 Å². The minimum absolute atomic E-state index is 0.125. The highest BCUT2D eigenvalue weighted by Crippen LogP contribution is 2.39. The number of hydrogen-bond donors (Lipinski definition) is 0. The lowest BCUT2D eigenvalue weighted by atomic mass is 9.83. The van der Waals surface area contributed by atoms with E-state index >= 15 is 0 Å². The van der Waals surface area contributed by atoms with Gasteiger partial charge in [0.1, 0.15) is 0 Å². The molecule has 4 rings (SSSR count). The Morgan fingerprint density at radius 3 is 2.21 bits per heavy atom. The molecule has 0 atom stereocenters. The first-order valence-electron chi connectivity index (χ1n) is 10.7. The Morgan fingerprint density at radius 1 is 0.793 bits per heavy atom. The molecule has 29 heavy (non-hydrogen) atoms. The Balaban J connectivity index is 2.13. The minimum Gasteiger partial charge on any atom is -0.310 e. The summed E-state index contributed by atoms with van der Waals surface area (Å²) in [6, 6.07) is 11.9. The number of allylic oxidation sites excluding steroid dienone is 6. The predicted molar refractivity (Wildman–Crippen MR) is 129 cm³/mol. The van der Waals surface area contributed by atoms with E-state index in [4.69, 9.17) is 0 Å². The first kappa shape index (κ1) is 19.8. The van der Waals surface area contributed by atoms with Gasteiger partial charge >= 0.3 is 0 Å². The average molecular weight is 384 g/mol. The standard InChI is InChI=1S/C28H33N/c1-19-16-26-23(18-24(19)28(5,6)7)22-17-20(27(2,3)4)14-15-25(22)29(26)21-12-10-8-9-11-13-21/h8-10,12-18H,11H2,1-7H3. The summed E-state index contributed by atoms with van der Waals surface area (Å²) in [5.74, 6) is 0. The summed E-state index contributed by atoms with van der Waals surface area (Å²) in [7, 11) is 0. The molecule has 0 spiro atoms. The average Bonchev–Trinajstić information content (AvgIpc) is 2.77. The zero-order valence-corrected chi connectivity index (χ0v) is 18.9. The van der Waals surface area contributed by atoms with Gasteiger partial charge in [-0.25, -0.2) is 0 Å². The van der Waals surface area contributed by atoms with Crippen LogP contribution in [0, 0.1) is 6.92 Å². The Bertz CT molecular complexity index is 1180. The molecule has 0 saturated heterocycles. The van der Waals surface area contributed by atoms with Gasteiger partial charge in [-0.1, -0.05) is 71.9 Å². The lowest BCUT2D eigenvalue weighted by molar-refractivity contribution is 0.587. The molecule has 0 saturated carbocycles. The summed E-state index contributed by atoms with van der Waals surface area (Å²) >= 11 is 0. The molecule has 1 nitrogen and oxygen atoms in total. The fraction of sp³-hybridized carbons (Fsp3) is 0.357. The summed E-state index contributed by atoms with van der Waals surface area (Å²) in [5.41, 5.74) is 8.27. The van der Waals surface area contributed by atoms with Gasteiger partial charge in [-0.05, 0) is 71.2 Å². The van der Waals surface area contributed by atoms with Crippen molar-refractivity contribution in [3.05, 3.63) is 77.4 Å². The van der Waals surface area contributed by atoms with Crippen molar-refractivity contribution < 1.29 is 0 Å². The second-order valence-corrected chi connectivity index (χ2v) is 10.4. The number of benzene rings is 2. The molecule has 1 aliphatic carbocycles. The molecule has 1 heterocycles. The van der Waals surface area contributed by atoms with E-state index in [0.717, 1.165) is 6.42 Å². The molecule has 150 valence electrons. The molecule has 3 aromatic rings. The SMILES string of the molecule is Cc1cc2c(cc1C(C)(C)C)c1cc(C(C)(C)C)ccc1n2C1=CCC=CC=C1. The van der Waals surface area contributed by atoms with Gasteiger partial charge in [-0.2, -0.15) is 0 Å². The first-order valence-corrected chi connectivity index (χ1v) is 10.7. The van der Waals surface area contributed by atoms with E-state index in [-0.39, 0.29) is 10.8 Å². The van der Waals surface area contributed by atoms with E-state index < -0.39 is 0 Å². The summed E-state index contributed by atoms with van der Waals surface area (Å²) in [5, 5.41) is 2.71. The van der Waals surface area contributed by atoms with Crippen molar-refractivity contribution in [3.63, 3.8) is 0 Å². The Hall–Kier alpha value is -2.54. The van der Waals surface area contributed by atoms with Gasteiger partial charge in [0.15, 0.2) is 0 Å². The van der Waals surface area contributed by atoms with Crippen LogP contribution in [-0.2, 0) is 10.8 Å². The summed E-state index contributed by atoms with van der Waals surface area (Å²) in [4.78, 5) is 0. The maximum Gasteiger partial charge on any atom is 0.0543 e. The normalized spacial score (nSPS) is 15.2. The Morgan fingerprint density at radius 2 is 1.52 bits per heavy atom. The van der Waals surface area contributed by atoms with Gasteiger partial charge in [0.2, 0.25) is 0 Å². The van der Waals surface area contributed by atoms with Crippen molar-refractivity contribution >= 4 is 27.5 Å². The van der Waals surface area contributed by atoms with Gasteiger partial charge < -0.3 is 4.57 Å². The number of aryl methyl sites for hydroxylation is 1. The number of nitrogens with zero attached hydrogens (tertiary/aromatic N) is 1. The third-order valence-corrected chi connectivity index (χ3v) is 6.02. The quantitative estimate of drug-likeness (QED) is 0.400. The van der Waals surface area contributed by atoms with E-state index in [1.165, 1.54) is 44.2 Å². The van der Waals surface area contributed by atoms with Crippen molar-refractivity contribution in [1.82, 2.24) is 4.57 Å². The van der Waals surface area contributed by atoms with Crippen LogP contribution in [0.4, 0.5) is 0 Å². The topological polar surface area (TPSA) is 4.93 Å². The van der Waals surface area contributed by atoms with Crippen molar-refractivity contribution in [3.8, 4) is 0 Å². The largest absolute Gasteiger partial charge is 0.310 e. The molecule has 0 bridgehead atoms. The zero-order valence-electron chi connectivity index (χ0n) is 18.9. The van der Waals surface area contributed by atoms with Crippen LogP contribution in [-0.4, -0.2) is 4.57 Å². The molecule has 0 radical (unpaired) electrons. The molecule has 0 fully saturated rings. The molecule has 0 unspecified atom stereocenters. The van der Waals surface area contributed by atoms with Crippen LogP contribution in [0.3, 0.4) is 0 Å². The summed E-state index contributed by atoms with van der Waals surface area (Å²) in [6.07, 6.45) is 12.0. The fourth-order valence-electron chi connectivity index (χ4n) is 4.46. The Kier molecular flexibility index (Phi) is 4.61. The van der Waals surface area contributed by atoms with E-state index in [1.54, 1.807) is 0 Å². The smallest absolute Gasteiger partial charge is 0.0543 e. The van der Waals surface area contributed by atoms with Gasteiger partial charge in [-0.3, -0.25) is 0 Å². The van der Waals surface area contributed by atoms with Gasteiger partial charge in [0.05, 0.1) is 11.0 Å². The summed E-state index contributed by atoms with van der Waals surface area (Å²) in [6.45, 7) is 16.1. The highest BCUT2D eigenvalue weighted by atomic mass is 15.0. The third-order valence-electron chi connectivity index (χ3n) is 6.02. The number of aromatic nitrogens is 1. The van der Waals surface area contributed by atoms with E-state index in [0.29, 0.717) is 0 Å². The van der Waals surface area contributed by atoms with Crippen LogP contribution in [0.5, 0.6) is 0 Å². The number of hydrogen-bond acceptors (Lipinski definition) is 0. The molecule has 1 aliphatic rings. The molecule has 0 aliphatic heterocycles. The van der Waals surface area contributed by atoms with E-state index in [9.17, 15) is 0 Å². The lowest BCUT2D eigenvalue weighted by Gasteiger charge is -2.22. The lowest BCUT2D eigenvalue weighted by Crippen LogP contribution is -2.13. The predicted octanol–water partition coefficient (Wildman–Crippen LogP) is 8.05. The maximum absolute atomic E-state index is 2.44. The van der Waals surface area contributed by atoms with Gasteiger partial charge in [-0.15, -0.1) is 0 Å². The molecule has 2 aromatic carbocycles. The van der Waals surface area contributed by atoms with Crippen LogP contribution in [0.15, 0.2) is 60.7 Å². The number of rotatable bonds is 1. The van der Waals surface area contributed by atoms with E-state index in [1.807, 2.05) is 0 Å². The molecule has 0 N–H and O–H groups in total. The molecule has 1 aromatic heterocycles. The second-order valence-electron chi connectivity index (χ2n) is 10.4. The first-order chi connectivity index (χ1) is 13.6. The molecule has 1 heteroatoms. The van der Waals surface area contributed by atoms with Crippen molar-refractivity contribution in [2.24, 2.45) is 0 Å². The van der Waals surface area contributed by atoms with Gasteiger partial charge in [0, 0.05) is 16.5 Å². The van der Waals surface area contributed by atoms with Crippen LogP contribution in [0.25, 0.3) is 27.5 Å². The molecule has 0 amide bonds. The highest BCUT2D eigenvalue weighted by Gasteiger charge is 2.22. The molecular weight excluding hydrogens is 350 g/mol. The van der Waals surface area contributed by atoms with Crippen LogP contribution >= 0.6 is 0 Å². The monoisotopic (exact) mass is 383 g/mol. The third kappa shape index (κ3) is 3.48. The van der Waals surface area contributed by atoms with E-state index in [2.05, 4.69) is 114 Å². The van der Waals surface area contributed by atoms with Crippen LogP contribution < -0.4 is 0 Å². The Labute approximate surface area is 175 Å². The summed E-state index contributed by atoms with van der Waals surface area (Å²) < 4.78 is 2.44. The minimum atomic E-state index is 0.125. The van der Waals surface area contributed by atoms with Crippen molar-refractivity contribution in [1.29, 1.82) is 0 Å². The van der Waals surface area contributed by atoms with Crippen LogP contribution in [0.1, 0.15) is 64.7 Å². The second kappa shape index (κ2) is 6.76. The van der Waals surface area contributed by atoms with Crippen molar-refractivity contribution in [2.45, 2.75) is 65.7 Å². The maximum atomic E-state index is 2.44. The fourth-order valence-corrected chi connectivity index (χ4v) is 4.46. The van der Waals surface area contributed by atoms with Crippen molar-refractivity contribution in [2.75, 3.05) is 0 Å². The zero-order chi connectivity index (χ0) is 21.0. The highest BCUT2D eigenvalue weighted by molar-refractivity contribution is 6.11.